The van der Waals surface area contributed by atoms with Gasteiger partial charge in [-0.05, 0) is 12.5 Å². The molecule has 0 heterocycles. The van der Waals surface area contributed by atoms with Crippen LogP contribution in [0.15, 0.2) is 11.3 Å². The van der Waals surface area contributed by atoms with E-state index in [9.17, 15) is 8.42 Å². The summed E-state index contributed by atoms with van der Waals surface area (Å²) in [5.41, 5.74) is 0.329. The average Bonchev–Trinajstić information content (AvgIpc) is 1.99. The molecule has 78 valence electrons. The normalized spacial score (nSPS) is 14.5. The molecule has 0 aliphatic heterocycles. The van der Waals surface area contributed by atoms with E-state index in [-0.39, 0.29) is 17.4 Å². The first kappa shape index (κ1) is 12.7. The first-order chi connectivity index (χ1) is 5.81. The summed E-state index contributed by atoms with van der Waals surface area (Å²) in [6, 6.07) is 0. The molecule has 0 amide bonds. The Morgan fingerprint density at radius 2 is 1.92 bits per heavy atom. The molecule has 1 N–H and O–H groups in total. The highest BCUT2D eigenvalue weighted by atomic mass is 35.5. The molecule has 0 aromatic heterocycles. The van der Waals surface area contributed by atoms with Crippen LogP contribution < -0.4 is 0 Å². The predicted octanol–water partition coefficient (Wildman–Crippen LogP) is 0.949. The number of hydrogen-bond donors (Lipinski definition) is 1. The van der Waals surface area contributed by atoms with Crippen LogP contribution in [0.4, 0.5) is 0 Å². The Hall–Kier alpha value is -0.260. The van der Waals surface area contributed by atoms with Gasteiger partial charge in [-0.15, -0.1) is 11.6 Å². The van der Waals surface area contributed by atoms with E-state index in [4.69, 9.17) is 16.7 Å². The van der Waals surface area contributed by atoms with Crippen molar-refractivity contribution in [3.8, 4) is 0 Å². The Morgan fingerprint density at radius 3 is 2.15 bits per heavy atom. The molecule has 0 saturated carbocycles. The van der Waals surface area contributed by atoms with Gasteiger partial charge < -0.3 is 5.11 Å². The lowest BCUT2D eigenvalue weighted by atomic mass is 10.3. The molecule has 0 aromatic carbocycles. The average molecular weight is 228 g/mol. The van der Waals surface area contributed by atoms with E-state index < -0.39 is 10.0 Å². The minimum absolute atomic E-state index is 0.0232. The van der Waals surface area contributed by atoms with Crippen molar-refractivity contribution in [2.75, 3.05) is 25.7 Å². The van der Waals surface area contributed by atoms with Gasteiger partial charge in [0.1, 0.15) is 0 Å². The molecule has 0 spiro atoms. The molecule has 4 nitrogen and oxygen atoms in total. The van der Waals surface area contributed by atoms with Crippen molar-refractivity contribution < 1.29 is 13.5 Å². The van der Waals surface area contributed by atoms with Gasteiger partial charge in [0.05, 0.1) is 11.5 Å². The van der Waals surface area contributed by atoms with Crippen molar-refractivity contribution in [3.05, 3.63) is 11.3 Å². The van der Waals surface area contributed by atoms with E-state index in [1.54, 1.807) is 0 Å². The molecule has 0 aromatic rings. The van der Waals surface area contributed by atoms with Crippen LogP contribution >= 0.6 is 11.6 Å². The fourth-order valence-electron chi connectivity index (χ4n) is 0.589. The van der Waals surface area contributed by atoms with Gasteiger partial charge in [0, 0.05) is 20.0 Å². The zero-order valence-corrected chi connectivity index (χ0v) is 9.48. The van der Waals surface area contributed by atoms with Crippen LogP contribution in [0.5, 0.6) is 0 Å². The number of aliphatic hydroxyl groups is 1. The number of nitrogens with zero attached hydrogens (tertiary/aromatic N) is 1. The van der Waals surface area contributed by atoms with Crippen LogP contribution in [-0.2, 0) is 10.0 Å². The van der Waals surface area contributed by atoms with Gasteiger partial charge in [-0.3, -0.25) is 0 Å². The summed E-state index contributed by atoms with van der Waals surface area (Å²) < 4.78 is 23.8. The number of halogens is 1. The summed E-state index contributed by atoms with van der Waals surface area (Å²) in [6.45, 7) is 1.42. The first-order valence-electron chi connectivity index (χ1n) is 3.65. The van der Waals surface area contributed by atoms with E-state index in [1.165, 1.54) is 21.0 Å². The molecule has 0 aliphatic carbocycles. The first-order valence-corrected chi connectivity index (χ1v) is 5.79. The molecule has 0 saturated heterocycles. The number of rotatable bonds is 4. The molecule has 0 aliphatic rings. The molecular formula is C7H14ClNO3S. The van der Waals surface area contributed by atoms with Gasteiger partial charge in [0.2, 0.25) is 10.0 Å². The number of alkyl halides is 1. The van der Waals surface area contributed by atoms with E-state index in [0.29, 0.717) is 5.57 Å². The molecule has 0 fully saturated rings. The lowest BCUT2D eigenvalue weighted by Crippen LogP contribution is -2.26. The van der Waals surface area contributed by atoms with Crippen LogP contribution in [-0.4, -0.2) is 43.6 Å². The highest BCUT2D eigenvalue weighted by Gasteiger charge is 2.17. The Morgan fingerprint density at radius 1 is 1.46 bits per heavy atom. The van der Waals surface area contributed by atoms with Gasteiger partial charge in [0.25, 0.3) is 0 Å². The zero-order chi connectivity index (χ0) is 10.6. The van der Waals surface area contributed by atoms with Gasteiger partial charge >= 0.3 is 0 Å². The van der Waals surface area contributed by atoms with Crippen molar-refractivity contribution in [2.45, 2.75) is 6.92 Å². The Balaban J connectivity index is 4.72. The number of sulfonamides is 1. The van der Waals surface area contributed by atoms with Crippen LogP contribution in [0.3, 0.4) is 0 Å². The standard InChI is InChI=1S/C7H14ClNO3S/c1-6(10)7(4-8)5-13(11,12)9(2)3/h10H,4-5H2,1-3H3/b7-6-. The van der Waals surface area contributed by atoms with Crippen LogP contribution in [0.1, 0.15) is 6.92 Å². The molecule has 0 atom stereocenters. The highest BCUT2D eigenvalue weighted by molar-refractivity contribution is 7.89. The van der Waals surface area contributed by atoms with Gasteiger partial charge in [0.15, 0.2) is 0 Å². The quantitative estimate of drug-likeness (QED) is 0.575. The Kier molecular flexibility index (Phi) is 4.74. The largest absolute Gasteiger partial charge is 0.513 e. The maximum Gasteiger partial charge on any atom is 0.217 e. The molecule has 0 bridgehead atoms. The lowest BCUT2D eigenvalue weighted by molar-refractivity contribution is 0.407. The van der Waals surface area contributed by atoms with E-state index in [1.807, 2.05) is 0 Å². The van der Waals surface area contributed by atoms with Gasteiger partial charge in [-0.2, -0.15) is 0 Å². The summed E-state index contributed by atoms with van der Waals surface area (Å²) in [7, 11) is -0.447. The summed E-state index contributed by atoms with van der Waals surface area (Å²) in [4.78, 5) is 0. The summed E-state index contributed by atoms with van der Waals surface area (Å²) in [6.07, 6.45) is 0. The summed E-state index contributed by atoms with van der Waals surface area (Å²) in [5.74, 6) is -0.234. The van der Waals surface area contributed by atoms with E-state index in [2.05, 4.69) is 0 Å². The Bertz CT molecular complexity index is 291. The molecule has 0 radical (unpaired) electrons. The minimum Gasteiger partial charge on any atom is -0.513 e. The summed E-state index contributed by atoms with van der Waals surface area (Å²) in [5, 5.41) is 9.07. The fourth-order valence-corrected chi connectivity index (χ4v) is 2.00. The van der Waals surface area contributed by atoms with E-state index in [0.717, 1.165) is 4.31 Å². The third kappa shape index (κ3) is 3.97. The summed E-state index contributed by atoms with van der Waals surface area (Å²) >= 11 is 5.47. The second-order valence-corrected chi connectivity index (χ2v) is 5.31. The number of aliphatic hydroxyl groups excluding tert-OH is 1. The maximum absolute atomic E-state index is 11.3. The topological polar surface area (TPSA) is 57.6 Å². The van der Waals surface area contributed by atoms with Crippen LogP contribution in [0.2, 0.25) is 0 Å². The fraction of sp³-hybridized carbons (Fsp3) is 0.714. The van der Waals surface area contributed by atoms with Gasteiger partial charge in [-0.25, -0.2) is 12.7 Å². The van der Waals surface area contributed by atoms with Crippen molar-refractivity contribution in [1.29, 1.82) is 0 Å². The SMILES string of the molecule is C/C(O)=C(\CCl)CS(=O)(=O)N(C)C. The van der Waals surface area contributed by atoms with E-state index >= 15 is 0 Å². The third-order valence-electron chi connectivity index (χ3n) is 1.59. The van der Waals surface area contributed by atoms with Crippen LogP contribution in [0, 0.1) is 0 Å². The molecule has 0 unspecified atom stereocenters. The Labute approximate surface area is 83.9 Å². The highest BCUT2D eigenvalue weighted by Crippen LogP contribution is 2.09. The number of hydrogen-bond acceptors (Lipinski definition) is 3. The van der Waals surface area contributed by atoms with Crippen molar-refractivity contribution in [3.63, 3.8) is 0 Å². The molecule has 13 heavy (non-hydrogen) atoms. The molecule has 6 heteroatoms. The van der Waals surface area contributed by atoms with Crippen molar-refractivity contribution in [1.82, 2.24) is 4.31 Å². The monoisotopic (exact) mass is 227 g/mol. The molecule has 0 rings (SSSR count). The second-order valence-electron chi connectivity index (χ2n) is 2.86. The van der Waals surface area contributed by atoms with Crippen molar-refractivity contribution in [2.24, 2.45) is 0 Å². The second kappa shape index (κ2) is 4.83. The van der Waals surface area contributed by atoms with Crippen LogP contribution in [0.25, 0.3) is 0 Å². The lowest BCUT2D eigenvalue weighted by Gasteiger charge is -2.12. The van der Waals surface area contributed by atoms with Crippen molar-refractivity contribution >= 4 is 21.6 Å². The predicted molar refractivity (Wildman–Crippen MR) is 53.5 cm³/mol. The van der Waals surface area contributed by atoms with Gasteiger partial charge in [-0.1, -0.05) is 0 Å². The zero-order valence-electron chi connectivity index (χ0n) is 7.91. The minimum atomic E-state index is -3.32. The third-order valence-corrected chi connectivity index (χ3v) is 3.73. The maximum atomic E-state index is 11.3. The number of allylic oxidation sites excluding steroid dienone is 1. The smallest absolute Gasteiger partial charge is 0.217 e. The molecular weight excluding hydrogens is 214 g/mol.